The summed E-state index contributed by atoms with van der Waals surface area (Å²) in [4.78, 5) is 37.6. The van der Waals surface area contributed by atoms with Crippen molar-refractivity contribution in [3.63, 3.8) is 0 Å². The van der Waals surface area contributed by atoms with Gasteiger partial charge in [-0.05, 0) is 44.0 Å². The summed E-state index contributed by atoms with van der Waals surface area (Å²) in [7, 11) is 0. The van der Waals surface area contributed by atoms with Crippen LogP contribution in [0.4, 0.5) is 11.4 Å². The lowest BCUT2D eigenvalue weighted by Crippen LogP contribution is -2.38. The van der Waals surface area contributed by atoms with Crippen molar-refractivity contribution < 1.29 is 14.4 Å². The molecule has 0 aliphatic carbocycles. The number of anilines is 2. The van der Waals surface area contributed by atoms with E-state index in [1.54, 1.807) is 0 Å². The van der Waals surface area contributed by atoms with E-state index in [-0.39, 0.29) is 30.7 Å². The van der Waals surface area contributed by atoms with Gasteiger partial charge in [0, 0.05) is 17.0 Å². The zero-order chi connectivity index (χ0) is 20.3. The van der Waals surface area contributed by atoms with Crippen LogP contribution in [0.15, 0.2) is 41.3 Å². The largest absolute Gasteiger partial charge is 0.347 e. The summed E-state index contributed by atoms with van der Waals surface area (Å²) in [5.74, 6) is -0.830. The van der Waals surface area contributed by atoms with Crippen LogP contribution >= 0.6 is 11.8 Å². The first-order valence-electron chi connectivity index (χ1n) is 9.04. The first-order valence-corrected chi connectivity index (χ1v) is 9.92. The highest BCUT2D eigenvalue weighted by Gasteiger charge is 2.28. The molecular formula is C21H23N3O3S. The number of nitrogens with one attached hydrogen (secondary N) is 3. The molecule has 6 nitrogen and oxygen atoms in total. The molecule has 0 saturated heterocycles. The smallest absolute Gasteiger partial charge is 0.243 e. The average molecular weight is 398 g/mol. The fraction of sp³-hybridized carbons (Fsp3) is 0.286. The maximum Gasteiger partial charge on any atom is 0.243 e. The second-order valence-electron chi connectivity index (χ2n) is 6.89. The number of hydrogen-bond acceptors (Lipinski definition) is 4. The van der Waals surface area contributed by atoms with Crippen molar-refractivity contribution in [2.24, 2.45) is 0 Å². The van der Waals surface area contributed by atoms with Gasteiger partial charge in [-0.2, -0.15) is 0 Å². The van der Waals surface area contributed by atoms with Crippen molar-refractivity contribution in [3.8, 4) is 0 Å². The van der Waals surface area contributed by atoms with Gasteiger partial charge >= 0.3 is 0 Å². The lowest BCUT2D eigenvalue weighted by atomic mass is 10.1. The van der Waals surface area contributed by atoms with Crippen LogP contribution in [0.3, 0.4) is 0 Å². The minimum Gasteiger partial charge on any atom is -0.347 e. The normalized spacial score (nSPS) is 15.4. The van der Waals surface area contributed by atoms with Crippen LogP contribution in [-0.4, -0.2) is 29.5 Å². The van der Waals surface area contributed by atoms with E-state index in [9.17, 15) is 14.4 Å². The third-order valence-electron chi connectivity index (χ3n) is 4.46. The highest BCUT2D eigenvalue weighted by Crippen LogP contribution is 2.36. The van der Waals surface area contributed by atoms with Gasteiger partial charge in [-0.15, -0.1) is 11.8 Å². The molecule has 3 rings (SSSR count). The summed E-state index contributed by atoms with van der Waals surface area (Å²) < 4.78 is 0. The van der Waals surface area contributed by atoms with Crippen LogP contribution in [0.25, 0.3) is 0 Å². The van der Waals surface area contributed by atoms with E-state index in [1.165, 1.54) is 11.8 Å². The number of hydrogen-bond donors (Lipinski definition) is 3. The zero-order valence-electron chi connectivity index (χ0n) is 16.1. The molecule has 3 amide bonds. The van der Waals surface area contributed by atoms with Gasteiger partial charge in [0.15, 0.2) is 0 Å². The van der Waals surface area contributed by atoms with Gasteiger partial charge in [0.25, 0.3) is 0 Å². The lowest BCUT2D eigenvalue weighted by Gasteiger charge is -2.23. The van der Waals surface area contributed by atoms with Crippen molar-refractivity contribution >= 4 is 40.9 Å². The van der Waals surface area contributed by atoms with Gasteiger partial charge in [0.2, 0.25) is 17.7 Å². The molecule has 2 aromatic rings. The maximum atomic E-state index is 12.2. The Hall–Kier alpha value is -2.80. The van der Waals surface area contributed by atoms with Gasteiger partial charge in [0.1, 0.15) is 0 Å². The van der Waals surface area contributed by atoms with Crippen LogP contribution in [0.1, 0.15) is 23.1 Å². The molecule has 146 valence electrons. The highest BCUT2D eigenvalue weighted by atomic mass is 32.2. The van der Waals surface area contributed by atoms with Crippen molar-refractivity contribution in [2.45, 2.75) is 37.3 Å². The Morgan fingerprint density at radius 3 is 2.46 bits per heavy atom. The highest BCUT2D eigenvalue weighted by molar-refractivity contribution is 8.01. The van der Waals surface area contributed by atoms with E-state index in [0.717, 1.165) is 33.0 Å². The van der Waals surface area contributed by atoms with E-state index in [1.807, 2.05) is 57.2 Å². The number of fused-ring (bicyclic) bond motifs is 1. The molecule has 0 fully saturated rings. The SMILES string of the molecule is Cc1cc(C)c(NC(=O)CNC(=O)C[C@@H]2Sc3ccccc3NC2=O)c(C)c1. The second-order valence-corrected chi connectivity index (χ2v) is 8.14. The Morgan fingerprint density at radius 1 is 1.07 bits per heavy atom. The maximum absolute atomic E-state index is 12.2. The van der Waals surface area contributed by atoms with Gasteiger partial charge in [0.05, 0.1) is 17.5 Å². The van der Waals surface area contributed by atoms with E-state index in [4.69, 9.17) is 0 Å². The lowest BCUT2D eigenvalue weighted by molar-refractivity contribution is -0.125. The Kier molecular flexibility index (Phi) is 6.04. The van der Waals surface area contributed by atoms with E-state index < -0.39 is 5.25 Å². The summed E-state index contributed by atoms with van der Waals surface area (Å²) in [5, 5.41) is 7.75. The third kappa shape index (κ3) is 4.72. The predicted octanol–water partition coefficient (Wildman–Crippen LogP) is 3.17. The molecule has 0 bridgehead atoms. The summed E-state index contributed by atoms with van der Waals surface area (Å²) in [6.45, 7) is 5.74. The predicted molar refractivity (Wildman–Crippen MR) is 112 cm³/mol. The molecule has 1 atom stereocenters. The van der Waals surface area contributed by atoms with Crippen molar-refractivity contribution in [2.75, 3.05) is 17.2 Å². The fourth-order valence-electron chi connectivity index (χ4n) is 3.21. The monoisotopic (exact) mass is 397 g/mol. The number of carbonyl (C=O) groups is 3. The molecule has 0 saturated carbocycles. The molecule has 0 spiro atoms. The second kappa shape index (κ2) is 8.48. The van der Waals surface area contributed by atoms with Crippen LogP contribution in [0, 0.1) is 20.8 Å². The molecule has 1 aliphatic heterocycles. The number of para-hydroxylation sites is 1. The Balaban J connectivity index is 1.52. The fourth-order valence-corrected chi connectivity index (χ4v) is 4.32. The minimum atomic E-state index is -0.514. The van der Waals surface area contributed by atoms with Crippen molar-refractivity contribution in [3.05, 3.63) is 53.1 Å². The van der Waals surface area contributed by atoms with Crippen LogP contribution < -0.4 is 16.0 Å². The minimum absolute atomic E-state index is 0.0146. The molecule has 0 radical (unpaired) electrons. The Bertz CT molecular complexity index is 919. The van der Waals surface area contributed by atoms with E-state index in [0.29, 0.717) is 0 Å². The van der Waals surface area contributed by atoms with Crippen LogP contribution in [0.2, 0.25) is 0 Å². The van der Waals surface area contributed by atoms with E-state index in [2.05, 4.69) is 16.0 Å². The van der Waals surface area contributed by atoms with E-state index >= 15 is 0 Å². The van der Waals surface area contributed by atoms with Gasteiger partial charge in [-0.1, -0.05) is 29.8 Å². The van der Waals surface area contributed by atoms with Gasteiger partial charge < -0.3 is 16.0 Å². The summed E-state index contributed by atoms with van der Waals surface area (Å²) >= 11 is 1.36. The molecule has 2 aromatic carbocycles. The van der Waals surface area contributed by atoms with Crippen molar-refractivity contribution in [1.29, 1.82) is 0 Å². The topological polar surface area (TPSA) is 87.3 Å². The Morgan fingerprint density at radius 2 is 1.75 bits per heavy atom. The molecule has 1 aliphatic rings. The number of carbonyl (C=O) groups excluding carboxylic acids is 3. The van der Waals surface area contributed by atoms with Gasteiger partial charge in [-0.25, -0.2) is 0 Å². The Labute approximate surface area is 168 Å². The number of amides is 3. The zero-order valence-corrected chi connectivity index (χ0v) is 16.9. The number of aryl methyl sites for hydroxylation is 3. The average Bonchev–Trinajstić information content (AvgIpc) is 2.63. The first-order chi connectivity index (χ1) is 13.3. The molecule has 28 heavy (non-hydrogen) atoms. The van der Waals surface area contributed by atoms with Crippen LogP contribution in [-0.2, 0) is 14.4 Å². The molecular weight excluding hydrogens is 374 g/mol. The van der Waals surface area contributed by atoms with Crippen molar-refractivity contribution in [1.82, 2.24) is 5.32 Å². The molecule has 7 heteroatoms. The van der Waals surface area contributed by atoms with Crippen LogP contribution in [0.5, 0.6) is 0 Å². The standard InChI is InChI=1S/C21H23N3O3S/c1-12-8-13(2)20(14(3)9-12)24-19(26)11-22-18(25)10-17-21(27)23-15-6-4-5-7-16(15)28-17/h4-9,17H,10-11H2,1-3H3,(H,22,25)(H,23,27)(H,24,26)/t17-/m0/s1. The molecule has 0 aromatic heterocycles. The summed E-state index contributed by atoms with van der Waals surface area (Å²) in [5.41, 5.74) is 4.62. The summed E-state index contributed by atoms with van der Waals surface area (Å²) in [6.07, 6.45) is 0.0146. The number of rotatable bonds is 5. The van der Waals surface area contributed by atoms with Gasteiger partial charge in [-0.3, -0.25) is 14.4 Å². The molecule has 3 N–H and O–H groups in total. The quantitative estimate of drug-likeness (QED) is 0.723. The summed E-state index contributed by atoms with van der Waals surface area (Å²) in [6, 6.07) is 11.5. The number of benzene rings is 2. The third-order valence-corrected chi connectivity index (χ3v) is 5.74. The first kappa shape index (κ1) is 19.9. The number of thioether (sulfide) groups is 1. The molecule has 0 unspecified atom stereocenters. The molecule has 1 heterocycles.